The highest BCUT2D eigenvalue weighted by Gasteiger charge is 2.46. The van der Waals surface area contributed by atoms with E-state index in [0.717, 1.165) is 13.0 Å². The fraction of sp³-hybridized carbons (Fsp3) is 0.667. The highest BCUT2D eigenvalue weighted by atomic mass is 16.5. The summed E-state index contributed by atoms with van der Waals surface area (Å²) in [6.07, 6.45) is 3.58. The average molecular weight is 329 g/mol. The molecular formula is C21H31NO2. The van der Waals surface area contributed by atoms with Gasteiger partial charge in [-0.2, -0.15) is 0 Å². The van der Waals surface area contributed by atoms with Crippen molar-refractivity contribution in [3.8, 4) is 0 Å². The van der Waals surface area contributed by atoms with Crippen LogP contribution in [0.5, 0.6) is 0 Å². The van der Waals surface area contributed by atoms with Gasteiger partial charge in [-0.3, -0.25) is 9.69 Å². The first-order valence-corrected chi connectivity index (χ1v) is 9.48. The third-order valence-electron chi connectivity index (χ3n) is 5.93. The monoisotopic (exact) mass is 329 g/mol. The minimum atomic E-state index is -0.0507. The summed E-state index contributed by atoms with van der Waals surface area (Å²) in [5.41, 5.74) is 1.26. The molecule has 2 aliphatic rings. The molecule has 0 amide bonds. The maximum absolute atomic E-state index is 12.6. The largest absolute Gasteiger partial charge is 0.461 e. The highest BCUT2D eigenvalue weighted by Crippen LogP contribution is 2.37. The minimum Gasteiger partial charge on any atom is -0.461 e. The predicted octanol–water partition coefficient (Wildman–Crippen LogP) is 4.44. The second-order valence-corrected chi connectivity index (χ2v) is 8.10. The van der Waals surface area contributed by atoms with Crippen LogP contribution >= 0.6 is 0 Å². The van der Waals surface area contributed by atoms with Crippen molar-refractivity contribution in [3.63, 3.8) is 0 Å². The molecule has 3 rings (SSSR count). The minimum absolute atomic E-state index is 0.0115. The number of benzene rings is 1. The van der Waals surface area contributed by atoms with Crippen molar-refractivity contribution in [2.75, 3.05) is 6.54 Å². The summed E-state index contributed by atoms with van der Waals surface area (Å²) in [5.74, 6) is 1.75. The molecule has 3 unspecified atom stereocenters. The Morgan fingerprint density at radius 2 is 1.88 bits per heavy atom. The highest BCUT2D eigenvalue weighted by molar-refractivity contribution is 5.79. The number of carbonyl (C=O) groups excluding carboxylic acids is 1. The molecule has 1 saturated heterocycles. The number of carbonyl (C=O) groups is 1. The molecule has 1 aromatic carbocycles. The zero-order valence-electron chi connectivity index (χ0n) is 15.4. The SMILES string of the molecule is CC(C)C1CC[C@@H](C)CC1OC(=O)[C@H]1CN1[C@H](C)c1ccccc1. The van der Waals surface area contributed by atoms with Gasteiger partial charge in [-0.25, -0.2) is 0 Å². The van der Waals surface area contributed by atoms with Gasteiger partial charge in [0.25, 0.3) is 0 Å². The zero-order chi connectivity index (χ0) is 17.3. The normalized spacial score (nSPS) is 34.0. The van der Waals surface area contributed by atoms with Crippen molar-refractivity contribution in [2.24, 2.45) is 17.8 Å². The fourth-order valence-corrected chi connectivity index (χ4v) is 4.19. The lowest BCUT2D eigenvalue weighted by atomic mass is 9.75. The maximum Gasteiger partial charge on any atom is 0.325 e. The van der Waals surface area contributed by atoms with E-state index < -0.39 is 0 Å². The van der Waals surface area contributed by atoms with Crippen molar-refractivity contribution < 1.29 is 9.53 Å². The van der Waals surface area contributed by atoms with Gasteiger partial charge in [0.1, 0.15) is 12.1 Å². The maximum atomic E-state index is 12.6. The second-order valence-electron chi connectivity index (χ2n) is 8.10. The first-order chi connectivity index (χ1) is 11.5. The lowest BCUT2D eigenvalue weighted by molar-refractivity contribution is -0.156. The van der Waals surface area contributed by atoms with Gasteiger partial charge in [0, 0.05) is 12.6 Å². The molecule has 1 aromatic rings. The number of ether oxygens (including phenoxy) is 1. The first kappa shape index (κ1) is 17.5. The Bertz CT molecular complexity index is 556. The van der Waals surface area contributed by atoms with Crippen LogP contribution in [0, 0.1) is 17.8 Å². The van der Waals surface area contributed by atoms with Crippen LogP contribution in [0.1, 0.15) is 58.6 Å². The topological polar surface area (TPSA) is 29.3 Å². The molecule has 3 heteroatoms. The summed E-state index contributed by atoms with van der Waals surface area (Å²) in [7, 11) is 0. The van der Waals surface area contributed by atoms with Crippen LogP contribution in [0.3, 0.4) is 0 Å². The Balaban J connectivity index is 1.57. The van der Waals surface area contributed by atoms with Crippen LogP contribution in [0.15, 0.2) is 30.3 Å². The number of rotatable bonds is 5. The number of hydrogen-bond donors (Lipinski definition) is 0. The van der Waals surface area contributed by atoms with Gasteiger partial charge in [-0.05, 0) is 43.1 Å². The van der Waals surface area contributed by atoms with E-state index >= 15 is 0 Å². The lowest BCUT2D eigenvalue weighted by Crippen LogP contribution is -2.37. The number of hydrogen-bond acceptors (Lipinski definition) is 3. The first-order valence-electron chi connectivity index (χ1n) is 9.48. The molecule has 0 N–H and O–H groups in total. The molecule has 1 aliphatic carbocycles. The van der Waals surface area contributed by atoms with Gasteiger partial charge in [0.2, 0.25) is 0 Å². The van der Waals surface area contributed by atoms with Crippen LogP contribution in [-0.4, -0.2) is 29.6 Å². The molecule has 6 atom stereocenters. The van der Waals surface area contributed by atoms with E-state index in [1.54, 1.807) is 0 Å². The molecule has 0 bridgehead atoms. The third-order valence-corrected chi connectivity index (χ3v) is 5.93. The Hall–Kier alpha value is -1.35. The van der Waals surface area contributed by atoms with Crippen molar-refractivity contribution in [1.29, 1.82) is 0 Å². The van der Waals surface area contributed by atoms with Crippen molar-refractivity contribution in [3.05, 3.63) is 35.9 Å². The molecule has 0 aromatic heterocycles. The van der Waals surface area contributed by atoms with Crippen LogP contribution in [0.2, 0.25) is 0 Å². The summed E-state index contributed by atoms with van der Waals surface area (Å²) in [6, 6.07) is 10.6. The molecule has 1 saturated carbocycles. The second kappa shape index (κ2) is 7.26. The molecule has 132 valence electrons. The van der Waals surface area contributed by atoms with Gasteiger partial charge in [0.05, 0.1) is 0 Å². The van der Waals surface area contributed by atoms with Gasteiger partial charge in [-0.1, -0.05) is 57.5 Å². The van der Waals surface area contributed by atoms with E-state index in [1.165, 1.54) is 18.4 Å². The molecule has 24 heavy (non-hydrogen) atoms. The molecule has 3 nitrogen and oxygen atoms in total. The summed E-state index contributed by atoms with van der Waals surface area (Å²) in [4.78, 5) is 14.9. The van der Waals surface area contributed by atoms with Gasteiger partial charge >= 0.3 is 5.97 Å². The molecule has 0 spiro atoms. The summed E-state index contributed by atoms with van der Waals surface area (Å²) in [6.45, 7) is 9.77. The standard InChI is InChI=1S/C21H31NO2/c1-14(2)18-11-10-15(3)12-20(18)24-21(23)19-13-22(19)16(4)17-8-6-5-7-9-17/h5-9,14-16,18-20H,10-13H2,1-4H3/t15-,16-,18?,19-,20?,22?/m1/s1. The Kier molecular flexibility index (Phi) is 5.29. The molecule has 2 fully saturated rings. The lowest BCUT2D eigenvalue weighted by Gasteiger charge is -2.36. The van der Waals surface area contributed by atoms with Gasteiger partial charge < -0.3 is 4.74 Å². The molecule has 1 aliphatic heterocycles. The Labute approximate surface area is 146 Å². The van der Waals surface area contributed by atoms with E-state index in [9.17, 15) is 4.79 Å². The van der Waals surface area contributed by atoms with Crippen molar-refractivity contribution in [2.45, 2.75) is 65.1 Å². The van der Waals surface area contributed by atoms with Crippen molar-refractivity contribution >= 4 is 5.97 Å². The van der Waals surface area contributed by atoms with E-state index in [4.69, 9.17) is 4.74 Å². The molecular weight excluding hydrogens is 298 g/mol. The smallest absolute Gasteiger partial charge is 0.325 e. The van der Waals surface area contributed by atoms with Crippen LogP contribution in [0.4, 0.5) is 0 Å². The van der Waals surface area contributed by atoms with Gasteiger partial charge in [0.15, 0.2) is 0 Å². The average Bonchev–Trinajstić information content (AvgIpc) is 3.35. The van der Waals surface area contributed by atoms with E-state index in [0.29, 0.717) is 17.8 Å². The van der Waals surface area contributed by atoms with Crippen LogP contribution in [-0.2, 0) is 9.53 Å². The van der Waals surface area contributed by atoms with E-state index in [1.807, 2.05) is 6.07 Å². The summed E-state index contributed by atoms with van der Waals surface area (Å²) in [5, 5.41) is 0. The van der Waals surface area contributed by atoms with Gasteiger partial charge in [-0.15, -0.1) is 0 Å². The Morgan fingerprint density at radius 3 is 2.54 bits per heavy atom. The Morgan fingerprint density at radius 1 is 1.17 bits per heavy atom. The van der Waals surface area contributed by atoms with Crippen LogP contribution in [0.25, 0.3) is 0 Å². The number of nitrogens with zero attached hydrogens (tertiary/aromatic N) is 1. The predicted molar refractivity (Wildman–Crippen MR) is 96.6 cm³/mol. The van der Waals surface area contributed by atoms with E-state index in [-0.39, 0.29) is 24.2 Å². The van der Waals surface area contributed by atoms with E-state index in [2.05, 4.69) is 56.9 Å². The summed E-state index contributed by atoms with van der Waals surface area (Å²) < 4.78 is 6.00. The quantitative estimate of drug-likeness (QED) is 0.591. The third kappa shape index (κ3) is 3.83. The number of esters is 1. The zero-order valence-corrected chi connectivity index (χ0v) is 15.4. The van der Waals surface area contributed by atoms with Crippen LogP contribution < -0.4 is 0 Å². The molecule has 0 radical (unpaired) electrons. The molecule has 1 heterocycles. The van der Waals surface area contributed by atoms with Crippen molar-refractivity contribution in [1.82, 2.24) is 4.90 Å². The summed E-state index contributed by atoms with van der Waals surface area (Å²) >= 11 is 0. The fourth-order valence-electron chi connectivity index (χ4n) is 4.19.